The standard InChI is InChI=1S/C27H28ClN3O2/c1-2-3-16-29(27(33)20-10-11-20)18-25(32)31-23-8-5-4-7-22(23)30-17-6-9-24(30)26(31)19-12-14-21(28)15-13-19/h4-9,12-15,17,20,26H,2-3,10-11,16,18H2,1H3. The summed E-state index contributed by atoms with van der Waals surface area (Å²) in [5.41, 5.74) is 3.80. The lowest BCUT2D eigenvalue weighted by Gasteiger charge is -2.39. The molecule has 170 valence electrons. The second-order valence-electron chi connectivity index (χ2n) is 8.90. The van der Waals surface area contributed by atoms with E-state index in [0.29, 0.717) is 11.6 Å². The fraction of sp³-hybridized carbons (Fsp3) is 0.333. The summed E-state index contributed by atoms with van der Waals surface area (Å²) in [6.07, 6.45) is 5.77. The van der Waals surface area contributed by atoms with Gasteiger partial charge >= 0.3 is 0 Å². The summed E-state index contributed by atoms with van der Waals surface area (Å²) in [7, 11) is 0. The highest BCUT2D eigenvalue weighted by Gasteiger charge is 2.39. The maximum absolute atomic E-state index is 14.0. The Morgan fingerprint density at radius 3 is 2.42 bits per heavy atom. The van der Waals surface area contributed by atoms with Gasteiger partial charge in [-0.1, -0.05) is 49.2 Å². The molecule has 2 aliphatic rings. The summed E-state index contributed by atoms with van der Waals surface area (Å²) in [4.78, 5) is 30.6. The number of halogens is 1. The Hall–Kier alpha value is -3.05. The number of para-hydroxylation sites is 2. The number of unbranched alkanes of at least 4 members (excludes halogenated alkanes) is 1. The van der Waals surface area contributed by atoms with E-state index in [-0.39, 0.29) is 30.3 Å². The molecule has 1 saturated carbocycles. The van der Waals surface area contributed by atoms with Crippen LogP contribution in [0.5, 0.6) is 0 Å². The molecule has 3 aromatic rings. The predicted molar refractivity (Wildman–Crippen MR) is 131 cm³/mol. The highest BCUT2D eigenvalue weighted by Crippen LogP contribution is 2.42. The van der Waals surface area contributed by atoms with Crippen molar-refractivity contribution in [1.29, 1.82) is 0 Å². The van der Waals surface area contributed by atoms with E-state index in [9.17, 15) is 9.59 Å². The summed E-state index contributed by atoms with van der Waals surface area (Å²) in [5, 5.41) is 0.656. The van der Waals surface area contributed by atoms with Crippen LogP contribution in [0.4, 0.5) is 5.69 Å². The highest BCUT2D eigenvalue weighted by molar-refractivity contribution is 6.30. The van der Waals surface area contributed by atoms with Gasteiger partial charge in [0.15, 0.2) is 0 Å². The Kier molecular flexibility index (Phi) is 5.98. The molecule has 1 atom stereocenters. The number of amides is 2. The number of hydrogen-bond acceptors (Lipinski definition) is 2. The lowest BCUT2D eigenvalue weighted by atomic mass is 9.97. The SMILES string of the molecule is CCCCN(CC(=O)N1c2ccccc2-n2cccc2C1c1ccc(Cl)cc1)C(=O)C1CC1. The third-order valence-electron chi connectivity index (χ3n) is 6.52. The minimum Gasteiger partial charge on any atom is -0.333 e. The summed E-state index contributed by atoms with van der Waals surface area (Å²) < 4.78 is 2.14. The second kappa shape index (κ2) is 9.06. The van der Waals surface area contributed by atoms with Crippen molar-refractivity contribution in [1.82, 2.24) is 9.47 Å². The van der Waals surface area contributed by atoms with Crippen molar-refractivity contribution in [3.8, 4) is 5.69 Å². The molecule has 0 N–H and O–H groups in total. The number of benzene rings is 2. The van der Waals surface area contributed by atoms with Crippen molar-refractivity contribution in [2.45, 2.75) is 38.6 Å². The van der Waals surface area contributed by atoms with Crippen LogP contribution in [-0.4, -0.2) is 34.4 Å². The largest absolute Gasteiger partial charge is 0.333 e. The van der Waals surface area contributed by atoms with Gasteiger partial charge in [0.1, 0.15) is 12.6 Å². The number of aromatic nitrogens is 1. The first-order valence-electron chi connectivity index (χ1n) is 11.7. The molecule has 2 aromatic carbocycles. The van der Waals surface area contributed by atoms with Crippen LogP contribution in [0.25, 0.3) is 5.69 Å². The minimum atomic E-state index is -0.302. The number of carbonyl (C=O) groups is 2. The van der Waals surface area contributed by atoms with Crippen molar-refractivity contribution in [2.75, 3.05) is 18.0 Å². The zero-order valence-electron chi connectivity index (χ0n) is 18.8. The fourth-order valence-electron chi connectivity index (χ4n) is 4.67. The van der Waals surface area contributed by atoms with Gasteiger partial charge in [0, 0.05) is 23.7 Å². The Morgan fingerprint density at radius 1 is 1.00 bits per heavy atom. The van der Waals surface area contributed by atoms with Gasteiger partial charge in [0.2, 0.25) is 11.8 Å². The molecular formula is C27H28ClN3O2. The van der Waals surface area contributed by atoms with Gasteiger partial charge in [-0.25, -0.2) is 0 Å². The van der Waals surface area contributed by atoms with Crippen molar-refractivity contribution >= 4 is 29.1 Å². The van der Waals surface area contributed by atoms with Crippen molar-refractivity contribution in [3.63, 3.8) is 0 Å². The monoisotopic (exact) mass is 461 g/mol. The molecule has 1 aliphatic carbocycles. The first-order chi connectivity index (χ1) is 16.1. The molecule has 0 bridgehead atoms. The van der Waals surface area contributed by atoms with Gasteiger partial charge in [-0.2, -0.15) is 0 Å². The molecule has 0 radical (unpaired) electrons. The van der Waals surface area contributed by atoms with Gasteiger partial charge in [0.25, 0.3) is 0 Å². The fourth-order valence-corrected chi connectivity index (χ4v) is 4.79. The molecule has 33 heavy (non-hydrogen) atoms. The molecule has 1 aliphatic heterocycles. The number of anilines is 1. The smallest absolute Gasteiger partial charge is 0.247 e. The van der Waals surface area contributed by atoms with Gasteiger partial charge in [-0.05, 0) is 61.2 Å². The Bertz CT molecular complexity index is 1170. The van der Waals surface area contributed by atoms with E-state index in [1.165, 1.54) is 0 Å². The van der Waals surface area contributed by atoms with Crippen LogP contribution in [0, 0.1) is 5.92 Å². The molecule has 1 fully saturated rings. The summed E-state index contributed by atoms with van der Waals surface area (Å²) in [6.45, 7) is 2.82. The van der Waals surface area contributed by atoms with E-state index < -0.39 is 0 Å². The van der Waals surface area contributed by atoms with Crippen LogP contribution in [0.3, 0.4) is 0 Å². The number of fused-ring (bicyclic) bond motifs is 3. The molecule has 1 unspecified atom stereocenters. The quantitative estimate of drug-likeness (QED) is 0.459. The van der Waals surface area contributed by atoms with Gasteiger partial charge in [-0.3, -0.25) is 14.5 Å². The summed E-state index contributed by atoms with van der Waals surface area (Å²) in [5.74, 6) is 0.140. The zero-order chi connectivity index (χ0) is 22.9. The number of hydrogen-bond donors (Lipinski definition) is 0. The average Bonchev–Trinajstić information content (AvgIpc) is 3.57. The maximum atomic E-state index is 14.0. The Morgan fingerprint density at radius 2 is 1.73 bits per heavy atom. The lowest BCUT2D eigenvalue weighted by molar-refractivity contribution is -0.136. The molecule has 2 amide bonds. The van der Waals surface area contributed by atoms with E-state index in [1.807, 2.05) is 65.7 Å². The highest BCUT2D eigenvalue weighted by atomic mass is 35.5. The Balaban J connectivity index is 1.55. The van der Waals surface area contributed by atoms with E-state index >= 15 is 0 Å². The summed E-state index contributed by atoms with van der Waals surface area (Å²) >= 11 is 6.17. The number of carbonyl (C=O) groups excluding carboxylic acids is 2. The molecule has 0 saturated heterocycles. The first kappa shape index (κ1) is 21.8. The molecule has 2 heterocycles. The second-order valence-corrected chi connectivity index (χ2v) is 9.33. The van der Waals surface area contributed by atoms with Crippen molar-refractivity contribution < 1.29 is 9.59 Å². The molecule has 1 aromatic heterocycles. The van der Waals surface area contributed by atoms with Crippen LogP contribution < -0.4 is 4.90 Å². The van der Waals surface area contributed by atoms with Crippen LogP contribution in [0.2, 0.25) is 5.02 Å². The van der Waals surface area contributed by atoms with Gasteiger partial charge < -0.3 is 9.47 Å². The Labute approximate surface area is 199 Å². The first-order valence-corrected chi connectivity index (χ1v) is 12.1. The predicted octanol–water partition coefficient (Wildman–Crippen LogP) is 5.61. The maximum Gasteiger partial charge on any atom is 0.247 e. The third kappa shape index (κ3) is 4.18. The summed E-state index contributed by atoms with van der Waals surface area (Å²) in [6, 6.07) is 19.4. The topological polar surface area (TPSA) is 45.6 Å². The molecule has 6 heteroatoms. The minimum absolute atomic E-state index is 0.0695. The van der Waals surface area contributed by atoms with Gasteiger partial charge in [0.05, 0.1) is 17.1 Å². The van der Waals surface area contributed by atoms with E-state index in [0.717, 1.165) is 48.3 Å². The van der Waals surface area contributed by atoms with Crippen LogP contribution >= 0.6 is 11.6 Å². The van der Waals surface area contributed by atoms with Crippen LogP contribution in [-0.2, 0) is 9.59 Å². The average molecular weight is 462 g/mol. The van der Waals surface area contributed by atoms with E-state index in [1.54, 1.807) is 4.90 Å². The molecule has 0 spiro atoms. The molecule has 5 rings (SSSR count). The van der Waals surface area contributed by atoms with Crippen molar-refractivity contribution in [3.05, 3.63) is 83.1 Å². The lowest BCUT2D eigenvalue weighted by Crippen LogP contribution is -2.47. The van der Waals surface area contributed by atoms with Crippen LogP contribution in [0.1, 0.15) is 49.9 Å². The van der Waals surface area contributed by atoms with E-state index in [4.69, 9.17) is 11.6 Å². The third-order valence-corrected chi connectivity index (χ3v) is 6.77. The number of rotatable bonds is 7. The number of nitrogens with zero attached hydrogens (tertiary/aromatic N) is 3. The van der Waals surface area contributed by atoms with Crippen LogP contribution in [0.15, 0.2) is 66.9 Å². The van der Waals surface area contributed by atoms with Gasteiger partial charge in [-0.15, -0.1) is 0 Å². The zero-order valence-corrected chi connectivity index (χ0v) is 19.5. The molecule has 5 nitrogen and oxygen atoms in total. The normalized spacial score (nSPS) is 16.8. The van der Waals surface area contributed by atoms with E-state index in [2.05, 4.69) is 17.6 Å². The van der Waals surface area contributed by atoms with Crippen molar-refractivity contribution in [2.24, 2.45) is 5.92 Å². The molecular weight excluding hydrogens is 434 g/mol.